The molecule has 0 spiro atoms. The largest absolute Gasteiger partial charge is 0.465 e. The zero-order valence-corrected chi connectivity index (χ0v) is 19.3. The number of halogens is 4. The fraction of sp³-hybridized carbons (Fsp3) is 0.105. The molecule has 0 N–H and O–H groups in total. The predicted octanol–water partition coefficient (Wildman–Crippen LogP) is 5.96. The smallest absolute Gasteiger partial charge is 0.356 e. The summed E-state index contributed by atoms with van der Waals surface area (Å²) in [7, 11) is 2.40. The lowest BCUT2D eigenvalue weighted by atomic mass is 10.2. The number of hydrogen-bond donors (Lipinski definition) is 0. The third-order valence-electron chi connectivity index (χ3n) is 3.85. The van der Waals surface area contributed by atoms with E-state index in [-0.39, 0.29) is 25.4 Å². The number of nitrogens with zero attached hydrogens (tertiary/aromatic N) is 2. The topological polar surface area (TPSA) is 69.9 Å². The molecule has 30 heavy (non-hydrogen) atoms. The summed E-state index contributed by atoms with van der Waals surface area (Å²) in [6.45, 7) is 0. The van der Waals surface area contributed by atoms with Crippen LogP contribution in [0.2, 0.25) is 20.1 Å². The average molecular weight is 506 g/mol. The van der Waals surface area contributed by atoms with E-state index < -0.39 is 11.9 Å². The van der Waals surface area contributed by atoms with Crippen LogP contribution in [0.25, 0.3) is 5.69 Å². The fourth-order valence-electron chi connectivity index (χ4n) is 2.53. The standard InChI is InChI=1S/C19H12Cl4N2O4S/c1-28-17(26)15-16(18(27)29-2)30-19(24-13-5-3-9(20)7-11(13)22)25(15)14-6-4-10(21)8-12(14)23/h3-8H,1-2H3. The summed E-state index contributed by atoms with van der Waals surface area (Å²) in [6.07, 6.45) is 0. The van der Waals surface area contributed by atoms with Crippen molar-refractivity contribution in [2.75, 3.05) is 14.2 Å². The van der Waals surface area contributed by atoms with Crippen LogP contribution in [0, 0.1) is 0 Å². The number of carbonyl (C=O) groups excluding carboxylic acids is 2. The molecular weight excluding hydrogens is 494 g/mol. The lowest BCUT2D eigenvalue weighted by molar-refractivity contribution is 0.0552. The number of rotatable bonds is 4. The minimum absolute atomic E-state index is 0.0146. The molecular formula is C19H12Cl4N2O4S. The summed E-state index contributed by atoms with van der Waals surface area (Å²) in [5.41, 5.74) is 0.632. The molecule has 0 atom stereocenters. The molecule has 2 aromatic carbocycles. The van der Waals surface area contributed by atoms with E-state index in [9.17, 15) is 9.59 Å². The van der Waals surface area contributed by atoms with Crippen molar-refractivity contribution < 1.29 is 19.1 Å². The Kier molecular flexibility index (Phi) is 7.10. The van der Waals surface area contributed by atoms with Crippen LogP contribution in [0.3, 0.4) is 0 Å². The Morgan fingerprint density at radius 3 is 2.07 bits per heavy atom. The minimum Gasteiger partial charge on any atom is -0.465 e. The highest BCUT2D eigenvalue weighted by molar-refractivity contribution is 7.11. The minimum atomic E-state index is -0.777. The van der Waals surface area contributed by atoms with Crippen molar-refractivity contribution in [2.24, 2.45) is 4.99 Å². The van der Waals surface area contributed by atoms with Gasteiger partial charge in [-0.05, 0) is 36.4 Å². The maximum atomic E-state index is 12.6. The van der Waals surface area contributed by atoms with Crippen molar-refractivity contribution in [2.45, 2.75) is 0 Å². The maximum absolute atomic E-state index is 12.6. The molecule has 0 amide bonds. The summed E-state index contributed by atoms with van der Waals surface area (Å²) in [4.78, 5) is 29.7. The number of methoxy groups -OCH3 is 2. The SMILES string of the molecule is COC(=O)c1sc(=Nc2ccc(Cl)cc2Cl)n(-c2ccc(Cl)cc2Cl)c1C(=O)OC. The van der Waals surface area contributed by atoms with Crippen LogP contribution in [0.5, 0.6) is 0 Å². The van der Waals surface area contributed by atoms with Crippen LogP contribution in [-0.4, -0.2) is 30.7 Å². The van der Waals surface area contributed by atoms with E-state index in [0.717, 1.165) is 11.3 Å². The van der Waals surface area contributed by atoms with Crippen LogP contribution < -0.4 is 4.80 Å². The van der Waals surface area contributed by atoms with E-state index in [1.807, 2.05) is 0 Å². The Labute approximate surface area is 195 Å². The van der Waals surface area contributed by atoms with Gasteiger partial charge in [-0.3, -0.25) is 4.57 Å². The molecule has 0 unspecified atom stereocenters. The Bertz CT molecular complexity index is 1220. The highest BCUT2D eigenvalue weighted by atomic mass is 35.5. The van der Waals surface area contributed by atoms with Gasteiger partial charge in [-0.1, -0.05) is 57.7 Å². The van der Waals surface area contributed by atoms with Gasteiger partial charge in [-0.15, -0.1) is 0 Å². The molecule has 0 saturated carbocycles. The molecule has 156 valence electrons. The Hall–Kier alpha value is -2.03. The molecule has 11 heteroatoms. The average Bonchev–Trinajstić information content (AvgIpc) is 3.08. The molecule has 0 bridgehead atoms. The molecule has 6 nitrogen and oxygen atoms in total. The molecule has 1 aromatic heterocycles. The van der Waals surface area contributed by atoms with Crippen molar-refractivity contribution in [3.05, 3.63) is 71.9 Å². The molecule has 1 heterocycles. The molecule has 0 saturated heterocycles. The van der Waals surface area contributed by atoms with Crippen LogP contribution >= 0.6 is 57.7 Å². The zero-order chi connectivity index (χ0) is 22.0. The molecule has 0 aliphatic rings. The second kappa shape index (κ2) is 9.41. The van der Waals surface area contributed by atoms with Crippen LogP contribution in [0.4, 0.5) is 5.69 Å². The first-order chi connectivity index (χ1) is 14.3. The van der Waals surface area contributed by atoms with Crippen LogP contribution in [-0.2, 0) is 9.47 Å². The van der Waals surface area contributed by atoms with E-state index in [1.54, 1.807) is 24.3 Å². The first kappa shape index (κ1) is 22.7. The van der Waals surface area contributed by atoms with Crippen molar-refractivity contribution in [3.63, 3.8) is 0 Å². The van der Waals surface area contributed by atoms with E-state index in [2.05, 4.69) is 4.99 Å². The van der Waals surface area contributed by atoms with Gasteiger partial charge in [0, 0.05) is 10.0 Å². The normalized spacial score (nSPS) is 11.5. The van der Waals surface area contributed by atoms with Crippen LogP contribution in [0.15, 0.2) is 41.4 Å². The maximum Gasteiger partial charge on any atom is 0.356 e. The molecule has 0 radical (unpaired) electrons. The Morgan fingerprint density at radius 2 is 1.50 bits per heavy atom. The van der Waals surface area contributed by atoms with E-state index >= 15 is 0 Å². The van der Waals surface area contributed by atoms with Gasteiger partial charge in [0.15, 0.2) is 10.5 Å². The van der Waals surface area contributed by atoms with Gasteiger partial charge in [0.05, 0.1) is 35.6 Å². The first-order valence-corrected chi connectivity index (χ1v) is 10.5. The molecule has 0 aliphatic carbocycles. The van der Waals surface area contributed by atoms with Gasteiger partial charge < -0.3 is 9.47 Å². The number of carbonyl (C=O) groups is 2. The summed E-state index contributed by atoms with van der Waals surface area (Å²) < 4.78 is 11.1. The van der Waals surface area contributed by atoms with E-state index in [4.69, 9.17) is 55.9 Å². The van der Waals surface area contributed by atoms with Gasteiger partial charge >= 0.3 is 11.9 Å². The van der Waals surface area contributed by atoms with Gasteiger partial charge in [0.25, 0.3) is 0 Å². The third-order valence-corrected chi connectivity index (χ3v) is 5.95. The highest BCUT2D eigenvalue weighted by Crippen LogP contribution is 2.30. The van der Waals surface area contributed by atoms with E-state index in [1.165, 1.54) is 30.9 Å². The number of ether oxygens (including phenoxy) is 2. The first-order valence-electron chi connectivity index (χ1n) is 8.14. The van der Waals surface area contributed by atoms with Crippen molar-refractivity contribution in [1.82, 2.24) is 4.57 Å². The molecule has 3 aromatic rings. The van der Waals surface area contributed by atoms with Gasteiger partial charge in [-0.2, -0.15) is 0 Å². The summed E-state index contributed by atoms with van der Waals surface area (Å²) >= 11 is 25.5. The summed E-state index contributed by atoms with van der Waals surface area (Å²) in [5.74, 6) is -1.51. The fourth-order valence-corrected chi connectivity index (χ4v) is 4.52. The van der Waals surface area contributed by atoms with E-state index in [0.29, 0.717) is 21.4 Å². The number of aromatic nitrogens is 1. The highest BCUT2D eigenvalue weighted by Gasteiger charge is 2.28. The van der Waals surface area contributed by atoms with Gasteiger partial charge in [-0.25, -0.2) is 14.6 Å². The van der Waals surface area contributed by atoms with Crippen molar-refractivity contribution in [3.8, 4) is 5.69 Å². The molecule has 0 fully saturated rings. The second-order valence-electron chi connectivity index (χ2n) is 5.68. The predicted molar refractivity (Wildman–Crippen MR) is 118 cm³/mol. The molecule has 3 rings (SSSR count). The third kappa shape index (κ3) is 4.50. The number of benzene rings is 2. The quantitative estimate of drug-likeness (QED) is 0.410. The lowest BCUT2D eigenvalue weighted by Crippen LogP contribution is -2.20. The number of hydrogen-bond acceptors (Lipinski definition) is 6. The van der Waals surface area contributed by atoms with Crippen LogP contribution in [0.1, 0.15) is 20.2 Å². The number of thiazole rings is 1. The van der Waals surface area contributed by atoms with Gasteiger partial charge in [0.2, 0.25) is 0 Å². The van der Waals surface area contributed by atoms with Crippen molar-refractivity contribution in [1.29, 1.82) is 0 Å². The van der Waals surface area contributed by atoms with Crippen molar-refractivity contribution >= 4 is 75.4 Å². The van der Waals surface area contributed by atoms with Gasteiger partial charge in [0.1, 0.15) is 4.88 Å². The zero-order valence-electron chi connectivity index (χ0n) is 15.4. The summed E-state index contributed by atoms with van der Waals surface area (Å²) in [6, 6.07) is 9.42. The summed E-state index contributed by atoms with van der Waals surface area (Å²) in [5, 5.41) is 1.34. The molecule has 0 aliphatic heterocycles. The lowest BCUT2D eigenvalue weighted by Gasteiger charge is -2.11. The number of esters is 2. The second-order valence-corrected chi connectivity index (χ2v) is 8.35. The Morgan fingerprint density at radius 1 is 0.900 bits per heavy atom. The Balaban J connectivity index is 2.44. The monoisotopic (exact) mass is 504 g/mol.